The third-order valence-electron chi connectivity index (χ3n) is 3.44. The summed E-state index contributed by atoms with van der Waals surface area (Å²) in [7, 11) is 0. The fourth-order valence-corrected chi connectivity index (χ4v) is 2.70. The van der Waals surface area contributed by atoms with E-state index in [-0.39, 0.29) is 29.2 Å². The van der Waals surface area contributed by atoms with Gasteiger partial charge in [0.25, 0.3) is 0 Å². The topological polar surface area (TPSA) is 96.5 Å². The molecule has 0 radical (unpaired) electrons. The van der Waals surface area contributed by atoms with Crippen LogP contribution >= 0.6 is 11.8 Å². The fraction of sp³-hybridized carbons (Fsp3) is 0.550. The van der Waals surface area contributed by atoms with Gasteiger partial charge in [-0.2, -0.15) is 0 Å². The van der Waals surface area contributed by atoms with E-state index in [4.69, 9.17) is 4.74 Å². The van der Waals surface area contributed by atoms with Crippen molar-refractivity contribution in [1.82, 2.24) is 10.6 Å². The summed E-state index contributed by atoms with van der Waals surface area (Å²) in [5.74, 6) is 0.185. The SMILES string of the molecule is Cc1ccc(NC(=O)CSCC(=O)NC[C@@H](C)CNC(=O)OC(C)(C)C)cc1. The minimum Gasteiger partial charge on any atom is -0.444 e. The molecule has 0 aliphatic rings. The molecule has 3 amide bonds. The first-order valence-corrected chi connectivity index (χ1v) is 10.4. The number of hydrogen-bond acceptors (Lipinski definition) is 5. The van der Waals surface area contributed by atoms with E-state index < -0.39 is 11.7 Å². The van der Waals surface area contributed by atoms with Crippen molar-refractivity contribution in [2.75, 3.05) is 29.9 Å². The molecule has 28 heavy (non-hydrogen) atoms. The third-order valence-corrected chi connectivity index (χ3v) is 4.38. The molecular formula is C20H31N3O4S. The quantitative estimate of drug-likeness (QED) is 0.583. The molecule has 0 heterocycles. The number of amides is 3. The Kier molecular flexibility index (Phi) is 9.85. The largest absolute Gasteiger partial charge is 0.444 e. The van der Waals surface area contributed by atoms with Gasteiger partial charge in [0, 0.05) is 18.8 Å². The van der Waals surface area contributed by atoms with Crippen LogP contribution in [0.1, 0.15) is 33.3 Å². The number of aryl methyl sites for hydroxylation is 1. The smallest absolute Gasteiger partial charge is 0.407 e. The third kappa shape index (κ3) is 11.5. The molecule has 0 saturated heterocycles. The molecule has 8 heteroatoms. The molecule has 0 unspecified atom stereocenters. The highest BCUT2D eigenvalue weighted by molar-refractivity contribution is 8.00. The van der Waals surface area contributed by atoms with Gasteiger partial charge in [-0.3, -0.25) is 9.59 Å². The van der Waals surface area contributed by atoms with Crippen molar-refractivity contribution in [3.8, 4) is 0 Å². The number of hydrogen-bond donors (Lipinski definition) is 3. The Bertz CT molecular complexity index is 656. The molecule has 0 spiro atoms. The van der Waals surface area contributed by atoms with Gasteiger partial charge in [0.15, 0.2) is 0 Å². The number of carbonyl (C=O) groups excluding carboxylic acids is 3. The van der Waals surface area contributed by atoms with Crippen LogP contribution in [0.3, 0.4) is 0 Å². The number of carbonyl (C=O) groups is 3. The van der Waals surface area contributed by atoms with Crippen molar-refractivity contribution in [3.05, 3.63) is 29.8 Å². The zero-order valence-electron chi connectivity index (χ0n) is 17.3. The lowest BCUT2D eigenvalue weighted by Gasteiger charge is -2.21. The van der Waals surface area contributed by atoms with Crippen LogP contribution in [-0.2, 0) is 14.3 Å². The predicted octanol–water partition coefficient (Wildman–Crippen LogP) is 2.94. The summed E-state index contributed by atoms with van der Waals surface area (Å²) in [5.41, 5.74) is 1.33. The van der Waals surface area contributed by atoms with E-state index in [2.05, 4.69) is 16.0 Å². The van der Waals surface area contributed by atoms with Crippen LogP contribution < -0.4 is 16.0 Å². The van der Waals surface area contributed by atoms with Crippen LogP contribution in [0.25, 0.3) is 0 Å². The standard InChI is InChI=1S/C20H31N3O4S/c1-14-6-8-16(9-7-14)23-18(25)13-28-12-17(24)21-10-15(2)11-22-19(26)27-20(3,4)5/h6-9,15H,10-13H2,1-5H3,(H,21,24)(H,22,26)(H,23,25)/t15-/m1/s1. The Balaban J connectivity index is 2.14. The summed E-state index contributed by atoms with van der Waals surface area (Å²) in [6.45, 7) is 10.1. The second-order valence-corrected chi connectivity index (χ2v) is 8.68. The van der Waals surface area contributed by atoms with E-state index in [1.54, 1.807) is 20.8 Å². The molecule has 7 nitrogen and oxygen atoms in total. The van der Waals surface area contributed by atoms with Gasteiger partial charge in [-0.1, -0.05) is 24.6 Å². The number of rotatable bonds is 9. The minimum absolute atomic E-state index is 0.0614. The zero-order valence-corrected chi connectivity index (χ0v) is 18.1. The lowest BCUT2D eigenvalue weighted by molar-refractivity contribution is -0.118. The zero-order chi connectivity index (χ0) is 21.2. The van der Waals surface area contributed by atoms with Crippen LogP contribution in [0.15, 0.2) is 24.3 Å². The van der Waals surface area contributed by atoms with Crippen LogP contribution in [0.4, 0.5) is 10.5 Å². The van der Waals surface area contributed by atoms with Gasteiger partial charge in [-0.05, 0) is 45.7 Å². The molecule has 3 N–H and O–H groups in total. The summed E-state index contributed by atoms with van der Waals surface area (Å²) < 4.78 is 5.16. The van der Waals surface area contributed by atoms with Crippen molar-refractivity contribution in [2.45, 2.75) is 40.2 Å². The first-order valence-electron chi connectivity index (χ1n) is 9.23. The summed E-state index contributed by atoms with van der Waals surface area (Å²) in [4.78, 5) is 35.3. The van der Waals surface area contributed by atoms with Crippen molar-refractivity contribution in [2.24, 2.45) is 5.92 Å². The van der Waals surface area contributed by atoms with Gasteiger partial charge in [-0.25, -0.2) is 4.79 Å². The lowest BCUT2D eigenvalue weighted by atomic mass is 10.2. The first kappa shape index (κ1) is 23.8. The minimum atomic E-state index is -0.537. The van der Waals surface area contributed by atoms with E-state index in [1.807, 2.05) is 38.1 Å². The first-order chi connectivity index (χ1) is 13.0. The highest BCUT2D eigenvalue weighted by atomic mass is 32.2. The molecule has 1 rings (SSSR count). The fourth-order valence-electron chi connectivity index (χ4n) is 2.05. The Morgan fingerprint density at radius 1 is 1.00 bits per heavy atom. The van der Waals surface area contributed by atoms with Gasteiger partial charge in [0.05, 0.1) is 11.5 Å². The molecular weight excluding hydrogens is 378 g/mol. The van der Waals surface area contributed by atoms with E-state index in [1.165, 1.54) is 11.8 Å². The molecule has 0 fully saturated rings. The normalized spacial score (nSPS) is 12.0. The second-order valence-electron chi connectivity index (χ2n) is 7.70. The molecule has 1 atom stereocenters. The van der Waals surface area contributed by atoms with E-state index in [9.17, 15) is 14.4 Å². The predicted molar refractivity (Wildman–Crippen MR) is 114 cm³/mol. The van der Waals surface area contributed by atoms with Crippen LogP contribution in [0, 0.1) is 12.8 Å². The summed E-state index contributed by atoms with van der Waals surface area (Å²) in [5, 5.41) is 8.27. The summed E-state index contributed by atoms with van der Waals surface area (Å²) in [6, 6.07) is 7.54. The van der Waals surface area contributed by atoms with Crippen molar-refractivity contribution < 1.29 is 19.1 Å². The number of anilines is 1. The molecule has 0 aliphatic carbocycles. The van der Waals surface area contributed by atoms with Crippen LogP contribution in [0.5, 0.6) is 0 Å². The molecule has 0 bridgehead atoms. The Morgan fingerprint density at radius 2 is 1.57 bits per heavy atom. The number of thioether (sulfide) groups is 1. The maximum Gasteiger partial charge on any atom is 0.407 e. The van der Waals surface area contributed by atoms with E-state index >= 15 is 0 Å². The maximum absolute atomic E-state index is 11.9. The van der Waals surface area contributed by atoms with E-state index in [0.717, 1.165) is 11.3 Å². The monoisotopic (exact) mass is 409 g/mol. The average Bonchev–Trinajstić information content (AvgIpc) is 2.58. The van der Waals surface area contributed by atoms with E-state index in [0.29, 0.717) is 13.1 Å². The Labute approximate surface area is 171 Å². The molecule has 0 saturated carbocycles. The molecule has 1 aromatic rings. The Morgan fingerprint density at radius 3 is 2.18 bits per heavy atom. The number of alkyl carbamates (subject to hydrolysis) is 1. The molecule has 0 aliphatic heterocycles. The number of ether oxygens (including phenoxy) is 1. The lowest BCUT2D eigenvalue weighted by Crippen LogP contribution is -2.38. The Hall–Kier alpha value is -2.22. The van der Waals surface area contributed by atoms with Gasteiger partial charge >= 0.3 is 6.09 Å². The maximum atomic E-state index is 11.9. The van der Waals surface area contributed by atoms with Crippen molar-refractivity contribution in [3.63, 3.8) is 0 Å². The van der Waals surface area contributed by atoms with Gasteiger partial charge in [0.1, 0.15) is 5.60 Å². The number of benzene rings is 1. The van der Waals surface area contributed by atoms with Gasteiger partial charge in [-0.15, -0.1) is 11.8 Å². The summed E-state index contributed by atoms with van der Waals surface area (Å²) >= 11 is 1.25. The number of nitrogens with one attached hydrogen (secondary N) is 3. The van der Waals surface area contributed by atoms with Gasteiger partial charge < -0.3 is 20.7 Å². The van der Waals surface area contributed by atoms with Crippen molar-refractivity contribution >= 4 is 35.4 Å². The molecule has 156 valence electrons. The highest BCUT2D eigenvalue weighted by Gasteiger charge is 2.16. The highest BCUT2D eigenvalue weighted by Crippen LogP contribution is 2.10. The molecule has 0 aromatic heterocycles. The molecule has 1 aromatic carbocycles. The average molecular weight is 410 g/mol. The van der Waals surface area contributed by atoms with Gasteiger partial charge in [0.2, 0.25) is 11.8 Å². The van der Waals surface area contributed by atoms with Crippen molar-refractivity contribution in [1.29, 1.82) is 0 Å². The van der Waals surface area contributed by atoms with Crippen LogP contribution in [-0.4, -0.2) is 48.1 Å². The van der Waals surface area contributed by atoms with Crippen LogP contribution in [0.2, 0.25) is 0 Å². The summed E-state index contributed by atoms with van der Waals surface area (Å²) in [6.07, 6.45) is -0.471. The second kappa shape index (κ2) is 11.6.